The van der Waals surface area contributed by atoms with Crippen LogP contribution in [0.2, 0.25) is 0 Å². The van der Waals surface area contributed by atoms with Gasteiger partial charge < -0.3 is 19.9 Å². The van der Waals surface area contributed by atoms with Crippen LogP contribution in [0.25, 0.3) is 0 Å². The van der Waals surface area contributed by atoms with Crippen LogP contribution in [0.4, 0.5) is 8.78 Å². The van der Waals surface area contributed by atoms with Crippen molar-refractivity contribution in [3.63, 3.8) is 0 Å². The van der Waals surface area contributed by atoms with Crippen LogP contribution in [0, 0.1) is 11.6 Å². The van der Waals surface area contributed by atoms with Crippen LogP contribution < -0.4 is 5.32 Å². The van der Waals surface area contributed by atoms with Crippen molar-refractivity contribution in [2.24, 2.45) is 4.99 Å². The maximum atomic E-state index is 14.9. The van der Waals surface area contributed by atoms with Gasteiger partial charge in [0.15, 0.2) is 10.8 Å². The Balaban J connectivity index is 1.83. The number of halogens is 2. The van der Waals surface area contributed by atoms with Crippen LogP contribution in [-0.4, -0.2) is 71.7 Å². The zero-order valence-corrected chi connectivity index (χ0v) is 19.0. The quantitative estimate of drug-likeness (QED) is 0.565. The average Bonchev–Trinajstić information content (AvgIpc) is 3.34. The minimum Gasteiger partial charge on any atom is -0.480 e. The Kier molecular flexibility index (Phi) is 7.29. The monoisotopic (exact) mass is 492 g/mol. The van der Waals surface area contributed by atoms with Crippen LogP contribution in [0.15, 0.2) is 46.0 Å². The van der Waals surface area contributed by atoms with E-state index in [-0.39, 0.29) is 36.7 Å². The molecule has 0 radical (unpaired) electrons. The van der Waals surface area contributed by atoms with Crippen molar-refractivity contribution in [2.75, 3.05) is 32.9 Å². The lowest BCUT2D eigenvalue weighted by Gasteiger charge is -2.35. The van der Waals surface area contributed by atoms with Gasteiger partial charge in [0, 0.05) is 42.0 Å². The van der Waals surface area contributed by atoms with Gasteiger partial charge in [0.2, 0.25) is 0 Å². The summed E-state index contributed by atoms with van der Waals surface area (Å²) in [6, 6.07) is 0.953. The van der Waals surface area contributed by atoms with Gasteiger partial charge in [-0.3, -0.25) is 14.7 Å². The molecule has 2 atom stereocenters. The number of hydrogen-bond donors (Lipinski definition) is 2. The standard InChI is InChI=1S/C22H22F2N4O5S/c1-2-33-22(31)17-15(10-28-6-7-32-11-16(28)21(29)30)26-19(20-25-5-8-34-20)27-18(17)13-4-3-12(23)9-14(13)24/h3-5,8-9,16,18H,2,6-7,10-11H2,1H3,(H,26,27)(H,29,30)/t16-,18-/m0/s1. The van der Waals surface area contributed by atoms with Gasteiger partial charge in [0.25, 0.3) is 0 Å². The normalized spacial score (nSPS) is 21.1. The summed E-state index contributed by atoms with van der Waals surface area (Å²) in [5.41, 5.74) is 0.304. The number of ether oxygens (including phenoxy) is 2. The fourth-order valence-corrected chi connectivity index (χ4v) is 4.41. The first-order chi connectivity index (χ1) is 16.4. The highest BCUT2D eigenvalue weighted by Gasteiger charge is 2.37. The molecule has 0 spiro atoms. The van der Waals surface area contributed by atoms with E-state index < -0.39 is 35.7 Å². The van der Waals surface area contributed by atoms with E-state index in [1.54, 1.807) is 23.4 Å². The Bertz CT molecular complexity index is 1140. The van der Waals surface area contributed by atoms with Gasteiger partial charge in [0.1, 0.15) is 23.7 Å². The number of nitrogens with zero attached hydrogens (tertiary/aromatic N) is 3. The molecule has 4 rings (SSSR count). The molecule has 12 heteroatoms. The third-order valence-electron chi connectivity index (χ3n) is 5.40. The van der Waals surface area contributed by atoms with Gasteiger partial charge in [-0.15, -0.1) is 11.3 Å². The van der Waals surface area contributed by atoms with E-state index in [9.17, 15) is 23.5 Å². The highest BCUT2D eigenvalue weighted by Crippen LogP contribution is 2.35. The van der Waals surface area contributed by atoms with Crippen LogP contribution in [0.5, 0.6) is 0 Å². The van der Waals surface area contributed by atoms with Gasteiger partial charge in [0.05, 0.1) is 25.4 Å². The van der Waals surface area contributed by atoms with Crippen molar-refractivity contribution in [1.82, 2.24) is 15.2 Å². The Hall–Kier alpha value is -3.22. The maximum Gasteiger partial charge on any atom is 0.338 e. The van der Waals surface area contributed by atoms with Gasteiger partial charge in [-0.05, 0) is 13.0 Å². The predicted molar refractivity (Wildman–Crippen MR) is 118 cm³/mol. The van der Waals surface area contributed by atoms with Crippen molar-refractivity contribution in [3.8, 4) is 0 Å². The lowest BCUT2D eigenvalue weighted by Crippen LogP contribution is -2.52. The summed E-state index contributed by atoms with van der Waals surface area (Å²) in [5, 5.41) is 14.9. The van der Waals surface area contributed by atoms with Gasteiger partial charge in [-0.25, -0.2) is 18.6 Å². The summed E-state index contributed by atoms with van der Waals surface area (Å²) < 4.78 is 39.0. The number of morpholine rings is 1. The molecule has 2 aliphatic rings. The Morgan fingerprint density at radius 1 is 1.38 bits per heavy atom. The van der Waals surface area contributed by atoms with Crippen LogP contribution in [0.1, 0.15) is 23.5 Å². The number of hydrogen-bond acceptors (Lipinski definition) is 9. The smallest absolute Gasteiger partial charge is 0.338 e. The minimum atomic E-state index is -1.15. The number of aliphatic carboxylic acids is 1. The number of aromatic nitrogens is 1. The Morgan fingerprint density at radius 2 is 2.21 bits per heavy atom. The first-order valence-electron chi connectivity index (χ1n) is 10.5. The van der Waals surface area contributed by atoms with Crippen molar-refractivity contribution >= 4 is 29.1 Å². The highest BCUT2D eigenvalue weighted by atomic mass is 32.1. The lowest BCUT2D eigenvalue weighted by atomic mass is 9.94. The molecule has 0 unspecified atom stereocenters. The van der Waals surface area contributed by atoms with E-state index in [2.05, 4.69) is 15.3 Å². The largest absolute Gasteiger partial charge is 0.480 e. The van der Waals surface area contributed by atoms with Crippen LogP contribution in [-0.2, 0) is 19.1 Å². The van der Waals surface area contributed by atoms with Crippen molar-refractivity contribution in [2.45, 2.75) is 19.0 Å². The molecule has 2 aromatic rings. The third-order valence-corrected chi connectivity index (χ3v) is 6.18. The molecule has 1 aromatic carbocycles. The molecule has 0 aliphatic carbocycles. The van der Waals surface area contributed by atoms with Crippen LogP contribution >= 0.6 is 11.3 Å². The van der Waals surface area contributed by atoms with Crippen molar-refractivity contribution in [1.29, 1.82) is 0 Å². The summed E-state index contributed by atoms with van der Waals surface area (Å²) in [7, 11) is 0. The lowest BCUT2D eigenvalue weighted by molar-refractivity contribution is -0.149. The van der Waals surface area contributed by atoms with E-state index in [4.69, 9.17) is 9.47 Å². The summed E-state index contributed by atoms with van der Waals surface area (Å²) >= 11 is 1.28. The minimum absolute atomic E-state index is 0.0121. The molecule has 1 aromatic heterocycles. The van der Waals surface area contributed by atoms with Gasteiger partial charge >= 0.3 is 11.9 Å². The van der Waals surface area contributed by atoms with E-state index in [1.807, 2.05) is 0 Å². The fourth-order valence-electron chi connectivity index (χ4n) is 3.82. The van der Waals surface area contributed by atoms with Crippen molar-refractivity contribution < 1.29 is 33.0 Å². The molecule has 0 bridgehead atoms. The number of thiazole rings is 1. The molecule has 9 nitrogen and oxygen atoms in total. The second-order valence-corrected chi connectivity index (χ2v) is 8.42. The van der Waals surface area contributed by atoms with E-state index in [1.165, 1.54) is 17.4 Å². The first-order valence-corrected chi connectivity index (χ1v) is 11.4. The Morgan fingerprint density at radius 3 is 2.88 bits per heavy atom. The average molecular weight is 493 g/mol. The number of rotatable bonds is 7. The number of aliphatic imine (C=N–C) groups is 1. The van der Waals surface area contributed by atoms with E-state index in [0.29, 0.717) is 23.9 Å². The first kappa shape index (κ1) is 23.9. The molecule has 2 aliphatic heterocycles. The number of amidine groups is 1. The zero-order valence-electron chi connectivity index (χ0n) is 18.2. The van der Waals surface area contributed by atoms with E-state index in [0.717, 1.165) is 12.1 Å². The molecule has 0 saturated carbocycles. The number of esters is 1. The fraction of sp³-hybridized carbons (Fsp3) is 0.364. The molecule has 1 fully saturated rings. The van der Waals surface area contributed by atoms with Gasteiger partial charge in [-0.1, -0.05) is 6.07 Å². The van der Waals surface area contributed by atoms with Crippen molar-refractivity contribution in [3.05, 3.63) is 63.3 Å². The number of carbonyl (C=O) groups excluding carboxylic acids is 1. The number of carboxylic acid groups (broad SMARTS) is 1. The van der Waals surface area contributed by atoms with E-state index >= 15 is 0 Å². The Labute approximate surface area is 197 Å². The summed E-state index contributed by atoms with van der Waals surface area (Å²) in [6.07, 6.45) is 1.57. The predicted octanol–water partition coefficient (Wildman–Crippen LogP) is 2.12. The third kappa shape index (κ3) is 4.98. The van der Waals surface area contributed by atoms with Crippen LogP contribution in [0.3, 0.4) is 0 Å². The molecule has 0 amide bonds. The summed E-state index contributed by atoms with van der Waals surface area (Å²) in [6.45, 7) is 2.31. The molecule has 1 saturated heterocycles. The topological polar surface area (TPSA) is 113 Å². The zero-order chi connectivity index (χ0) is 24.2. The number of carboxylic acids is 1. The molecule has 3 heterocycles. The number of carbonyl (C=O) groups is 2. The molecule has 180 valence electrons. The molecule has 34 heavy (non-hydrogen) atoms. The second kappa shape index (κ2) is 10.4. The highest BCUT2D eigenvalue weighted by molar-refractivity contribution is 7.11. The summed E-state index contributed by atoms with van der Waals surface area (Å²) in [4.78, 5) is 35.3. The summed E-state index contributed by atoms with van der Waals surface area (Å²) in [5.74, 6) is -3.15. The molecule has 2 N–H and O–H groups in total. The molecular formula is C22H22F2N4O5S. The SMILES string of the molecule is CCOC(=O)C1=C(CN2CCOC[C@H]2C(=O)O)NC(c2nccs2)=N[C@H]1c1ccc(F)cc1F. The number of nitrogens with one attached hydrogen (secondary N) is 1. The molecular weight excluding hydrogens is 470 g/mol. The van der Waals surface area contributed by atoms with Gasteiger partial charge in [-0.2, -0.15) is 0 Å². The maximum absolute atomic E-state index is 14.9. The number of benzene rings is 1. The second-order valence-electron chi connectivity index (χ2n) is 7.52.